The van der Waals surface area contributed by atoms with E-state index in [-0.39, 0.29) is 34.7 Å². The number of nitrogen functional groups attached to an aromatic ring is 1. The van der Waals surface area contributed by atoms with Crippen molar-refractivity contribution < 1.29 is 8.42 Å². The van der Waals surface area contributed by atoms with E-state index in [1.165, 1.54) is 10.6 Å². The zero-order chi connectivity index (χ0) is 22.8. The van der Waals surface area contributed by atoms with Crippen LogP contribution in [0.3, 0.4) is 0 Å². The fraction of sp³-hybridized carbons (Fsp3) is 0.450. The molecule has 0 bridgehead atoms. The minimum atomic E-state index is -3.87. The highest BCUT2D eigenvalue weighted by atomic mass is 32.2. The Bertz CT molecular complexity index is 1210. The summed E-state index contributed by atoms with van der Waals surface area (Å²) in [6.45, 7) is 6.71. The van der Waals surface area contributed by atoms with Crippen molar-refractivity contribution >= 4 is 33.1 Å². The number of aromatic amines is 1. The summed E-state index contributed by atoms with van der Waals surface area (Å²) in [5.41, 5.74) is 5.64. The molecular formula is C20H28N6O4S. The van der Waals surface area contributed by atoms with Crippen LogP contribution in [0.4, 0.5) is 17.2 Å². The van der Waals surface area contributed by atoms with Crippen LogP contribution in [0.2, 0.25) is 0 Å². The Labute approximate surface area is 180 Å². The standard InChI is InChI=1S/C20H28N6O4S/c1-4-5-10-26-18(21)17(19(27)23-20(26)28)25(11-13(2)3)12-16-22-14-8-6-7-9-15(14)31(29,30)24-16/h6-9,13H,4-5,10-12,21H2,1-3H3,(H,22,24)(H,23,27,28). The van der Waals surface area contributed by atoms with E-state index in [9.17, 15) is 18.0 Å². The second-order valence-electron chi connectivity index (χ2n) is 7.91. The SMILES string of the molecule is CCCCn1c(N)c(N(CC2=NS(=O)(=O)c3ccccc3N2)CC(C)C)c(=O)[nH]c1=O. The van der Waals surface area contributed by atoms with Crippen LogP contribution >= 0.6 is 0 Å². The van der Waals surface area contributed by atoms with E-state index < -0.39 is 21.3 Å². The van der Waals surface area contributed by atoms with Gasteiger partial charge in [-0.2, -0.15) is 8.42 Å². The number of anilines is 3. The van der Waals surface area contributed by atoms with Gasteiger partial charge in [0.2, 0.25) is 0 Å². The molecule has 4 N–H and O–H groups in total. The number of nitrogens with one attached hydrogen (secondary N) is 2. The van der Waals surface area contributed by atoms with Crippen molar-refractivity contribution in [2.24, 2.45) is 10.3 Å². The van der Waals surface area contributed by atoms with Crippen LogP contribution in [-0.4, -0.2) is 36.9 Å². The van der Waals surface area contributed by atoms with Crippen LogP contribution in [0.5, 0.6) is 0 Å². The lowest BCUT2D eigenvalue weighted by Gasteiger charge is -2.29. The summed E-state index contributed by atoms with van der Waals surface area (Å²) in [7, 11) is -3.87. The Hall–Kier alpha value is -3.08. The second kappa shape index (κ2) is 8.96. The number of hydrogen-bond donors (Lipinski definition) is 3. The molecule has 0 saturated carbocycles. The quantitative estimate of drug-likeness (QED) is 0.556. The fourth-order valence-electron chi connectivity index (χ4n) is 3.51. The van der Waals surface area contributed by atoms with E-state index in [1.54, 1.807) is 23.1 Å². The third-order valence-electron chi connectivity index (χ3n) is 4.87. The minimum absolute atomic E-state index is 0.00497. The highest BCUT2D eigenvalue weighted by molar-refractivity contribution is 7.90. The number of aromatic nitrogens is 2. The number of hydrogen-bond acceptors (Lipinski definition) is 7. The molecule has 2 aromatic rings. The van der Waals surface area contributed by atoms with Crippen molar-refractivity contribution in [2.75, 3.05) is 29.0 Å². The number of fused-ring (bicyclic) bond motifs is 1. The van der Waals surface area contributed by atoms with Gasteiger partial charge in [-0.3, -0.25) is 14.3 Å². The van der Waals surface area contributed by atoms with Gasteiger partial charge in [0.25, 0.3) is 15.6 Å². The van der Waals surface area contributed by atoms with Gasteiger partial charge in [-0.25, -0.2) is 4.79 Å². The van der Waals surface area contributed by atoms with Gasteiger partial charge >= 0.3 is 5.69 Å². The summed E-state index contributed by atoms with van der Waals surface area (Å²) in [5, 5.41) is 3.03. The number of H-pyrrole nitrogens is 1. The van der Waals surface area contributed by atoms with Crippen molar-refractivity contribution in [1.82, 2.24) is 9.55 Å². The third-order valence-corrected chi connectivity index (χ3v) is 6.24. The molecule has 11 heteroatoms. The molecule has 0 amide bonds. The normalized spacial score (nSPS) is 14.6. The number of para-hydroxylation sites is 1. The molecule has 0 radical (unpaired) electrons. The Balaban J connectivity index is 2.04. The van der Waals surface area contributed by atoms with Gasteiger partial charge in [-0.1, -0.05) is 39.3 Å². The minimum Gasteiger partial charge on any atom is -0.383 e. The molecule has 0 spiro atoms. The number of sulfonamides is 1. The first kappa shape index (κ1) is 22.6. The molecule has 1 aliphatic heterocycles. The molecule has 1 aromatic heterocycles. The predicted molar refractivity (Wildman–Crippen MR) is 122 cm³/mol. The van der Waals surface area contributed by atoms with E-state index >= 15 is 0 Å². The molecule has 1 aromatic carbocycles. The van der Waals surface area contributed by atoms with Crippen molar-refractivity contribution in [2.45, 2.75) is 45.1 Å². The number of amidine groups is 1. The summed E-state index contributed by atoms with van der Waals surface area (Å²) in [6, 6.07) is 6.49. The predicted octanol–water partition coefficient (Wildman–Crippen LogP) is 1.59. The molecule has 0 saturated heterocycles. The number of rotatable bonds is 8. The summed E-state index contributed by atoms with van der Waals surface area (Å²) in [6.07, 6.45) is 1.58. The lowest BCUT2D eigenvalue weighted by atomic mass is 10.2. The summed E-state index contributed by atoms with van der Waals surface area (Å²) in [4.78, 5) is 29.1. The molecular weight excluding hydrogens is 420 g/mol. The molecule has 0 fully saturated rings. The molecule has 1 aliphatic rings. The van der Waals surface area contributed by atoms with E-state index in [0.717, 1.165) is 12.8 Å². The summed E-state index contributed by atoms with van der Waals surface area (Å²) >= 11 is 0. The van der Waals surface area contributed by atoms with E-state index in [2.05, 4.69) is 14.7 Å². The molecule has 31 heavy (non-hydrogen) atoms. The van der Waals surface area contributed by atoms with Gasteiger partial charge in [0, 0.05) is 13.1 Å². The highest BCUT2D eigenvalue weighted by Crippen LogP contribution is 2.27. The lowest BCUT2D eigenvalue weighted by molar-refractivity contribution is 0.594. The zero-order valence-corrected chi connectivity index (χ0v) is 18.7. The highest BCUT2D eigenvalue weighted by Gasteiger charge is 2.27. The van der Waals surface area contributed by atoms with Gasteiger partial charge in [0.15, 0.2) is 0 Å². The molecule has 0 atom stereocenters. The summed E-state index contributed by atoms with van der Waals surface area (Å²) < 4.78 is 30.4. The smallest absolute Gasteiger partial charge is 0.330 e. The molecule has 10 nitrogen and oxygen atoms in total. The lowest BCUT2D eigenvalue weighted by Crippen LogP contribution is -2.43. The average molecular weight is 449 g/mol. The topological polar surface area (TPSA) is 143 Å². The molecule has 2 heterocycles. The number of nitrogens with two attached hydrogens (primary N) is 1. The summed E-state index contributed by atoms with van der Waals surface area (Å²) in [5.74, 6) is 0.356. The number of benzene rings is 1. The first-order valence-electron chi connectivity index (χ1n) is 10.2. The van der Waals surface area contributed by atoms with Crippen LogP contribution < -0.4 is 27.2 Å². The van der Waals surface area contributed by atoms with Crippen LogP contribution in [0.1, 0.15) is 33.6 Å². The van der Waals surface area contributed by atoms with E-state index in [1.807, 2.05) is 20.8 Å². The number of nitrogens with zero attached hydrogens (tertiary/aromatic N) is 3. The first-order chi connectivity index (χ1) is 14.6. The molecule has 0 unspecified atom stereocenters. The second-order valence-corrected chi connectivity index (χ2v) is 9.48. The molecule has 0 aliphatic carbocycles. The van der Waals surface area contributed by atoms with Crippen LogP contribution in [-0.2, 0) is 16.6 Å². The van der Waals surface area contributed by atoms with Crippen molar-refractivity contribution in [3.05, 3.63) is 45.1 Å². The number of unbranched alkanes of at least 4 members (excludes halogenated alkanes) is 1. The van der Waals surface area contributed by atoms with Crippen molar-refractivity contribution in [3.8, 4) is 0 Å². The van der Waals surface area contributed by atoms with Crippen molar-refractivity contribution in [3.63, 3.8) is 0 Å². The van der Waals surface area contributed by atoms with Gasteiger partial charge < -0.3 is 16.0 Å². The Morgan fingerprint density at radius 3 is 2.61 bits per heavy atom. The van der Waals surface area contributed by atoms with Crippen LogP contribution in [0.25, 0.3) is 0 Å². The fourth-order valence-corrected chi connectivity index (χ4v) is 4.65. The van der Waals surface area contributed by atoms with Gasteiger partial charge in [0.1, 0.15) is 22.2 Å². The largest absolute Gasteiger partial charge is 0.383 e. The van der Waals surface area contributed by atoms with Gasteiger partial charge in [-0.15, -0.1) is 4.40 Å². The maximum absolute atomic E-state index is 12.7. The maximum Gasteiger partial charge on any atom is 0.330 e. The van der Waals surface area contributed by atoms with E-state index in [0.29, 0.717) is 18.8 Å². The average Bonchev–Trinajstić information content (AvgIpc) is 2.66. The Morgan fingerprint density at radius 1 is 1.23 bits per heavy atom. The van der Waals surface area contributed by atoms with Crippen LogP contribution in [0, 0.1) is 5.92 Å². The Morgan fingerprint density at radius 2 is 1.94 bits per heavy atom. The Kier molecular flexibility index (Phi) is 6.54. The maximum atomic E-state index is 12.7. The monoisotopic (exact) mass is 448 g/mol. The van der Waals surface area contributed by atoms with E-state index in [4.69, 9.17) is 5.73 Å². The first-order valence-corrected chi connectivity index (χ1v) is 11.7. The van der Waals surface area contributed by atoms with Crippen molar-refractivity contribution in [1.29, 1.82) is 0 Å². The van der Waals surface area contributed by atoms with Crippen LogP contribution in [0.15, 0.2) is 43.1 Å². The van der Waals surface area contributed by atoms with Gasteiger partial charge in [0.05, 0.1) is 12.2 Å². The van der Waals surface area contributed by atoms with Gasteiger partial charge in [-0.05, 0) is 24.5 Å². The zero-order valence-electron chi connectivity index (χ0n) is 17.9. The molecule has 168 valence electrons. The molecule has 3 rings (SSSR count). The third kappa shape index (κ3) is 4.82.